The molecule has 2 aliphatic rings. The second-order valence-electron chi connectivity index (χ2n) is 5.41. The van der Waals surface area contributed by atoms with Gasteiger partial charge in [-0.05, 0) is 25.2 Å². The summed E-state index contributed by atoms with van der Waals surface area (Å²) in [4.78, 5) is 0. The molecule has 2 fully saturated rings. The fourth-order valence-corrected chi connectivity index (χ4v) is 3.44. The zero-order valence-electron chi connectivity index (χ0n) is 10.4. The van der Waals surface area contributed by atoms with E-state index in [9.17, 15) is 13.2 Å². The summed E-state index contributed by atoms with van der Waals surface area (Å²) in [5.41, 5.74) is 2.64. The highest BCUT2D eigenvalue weighted by Gasteiger charge is 2.49. The lowest BCUT2D eigenvalue weighted by atomic mass is 9.71. The standard InChI is InChI=1S/C12H21F3N2O/c13-12(14,15)10-4-2-1-3-9(10)11(17-16)8-5-6-18-7-8/h8-11,17H,1-7,16H2. The summed E-state index contributed by atoms with van der Waals surface area (Å²) < 4.78 is 44.5. The molecule has 1 aliphatic carbocycles. The second-order valence-corrected chi connectivity index (χ2v) is 5.41. The number of rotatable bonds is 3. The van der Waals surface area contributed by atoms with Gasteiger partial charge in [0.2, 0.25) is 0 Å². The van der Waals surface area contributed by atoms with Crippen LogP contribution < -0.4 is 11.3 Å². The highest BCUT2D eigenvalue weighted by Crippen LogP contribution is 2.44. The maximum absolute atomic E-state index is 13.1. The molecule has 0 amide bonds. The average molecular weight is 266 g/mol. The molecule has 0 aromatic heterocycles. The van der Waals surface area contributed by atoms with Crippen molar-refractivity contribution < 1.29 is 17.9 Å². The summed E-state index contributed by atoms with van der Waals surface area (Å²) in [6.07, 6.45) is -0.937. The molecule has 2 rings (SSSR count). The van der Waals surface area contributed by atoms with E-state index in [-0.39, 0.29) is 18.4 Å². The first-order valence-electron chi connectivity index (χ1n) is 6.64. The number of hydrogen-bond donors (Lipinski definition) is 2. The average Bonchev–Trinajstić information content (AvgIpc) is 2.83. The molecule has 4 unspecified atom stereocenters. The summed E-state index contributed by atoms with van der Waals surface area (Å²) in [6.45, 7) is 1.15. The van der Waals surface area contributed by atoms with Gasteiger partial charge in [0, 0.05) is 18.6 Å². The molecular weight excluding hydrogens is 245 g/mol. The lowest BCUT2D eigenvalue weighted by Gasteiger charge is -2.39. The van der Waals surface area contributed by atoms with Crippen molar-refractivity contribution in [3.05, 3.63) is 0 Å². The monoisotopic (exact) mass is 266 g/mol. The van der Waals surface area contributed by atoms with Gasteiger partial charge in [0.25, 0.3) is 0 Å². The first-order chi connectivity index (χ1) is 8.54. The smallest absolute Gasteiger partial charge is 0.381 e. The van der Waals surface area contributed by atoms with Crippen molar-refractivity contribution in [1.82, 2.24) is 5.43 Å². The van der Waals surface area contributed by atoms with Gasteiger partial charge in [0.05, 0.1) is 12.5 Å². The highest BCUT2D eigenvalue weighted by atomic mass is 19.4. The fraction of sp³-hybridized carbons (Fsp3) is 1.00. The third kappa shape index (κ3) is 2.97. The first kappa shape index (κ1) is 14.1. The first-order valence-corrected chi connectivity index (χ1v) is 6.64. The Hall–Kier alpha value is -0.330. The van der Waals surface area contributed by atoms with Gasteiger partial charge in [-0.1, -0.05) is 12.8 Å². The van der Waals surface area contributed by atoms with Crippen molar-refractivity contribution in [2.24, 2.45) is 23.6 Å². The molecule has 4 atom stereocenters. The minimum absolute atomic E-state index is 0.114. The van der Waals surface area contributed by atoms with Crippen LogP contribution in [0.3, 0.4) is 0 Å². The normalized spacial score (nSPS) is 35.7. The number of ether oxygens (including phenoxy) is 1. The number of halogens is 3. The molecule has 18 heavy (non-hydrogen) atoms. The molecule has 6 heteroatoms. The van der Waals surface area contributed by atoms with E-state index in [0.29, 0.717) is 26.1 Å². The Labute approximate surface area is 105 Å². The Morgan fingerprint density at radius 2 is 1.89 bits per heavy atom. The van der Waals surface area contributed by atoms with Gasteiger partial charge < -0.3 is 4.74 Å². The van der Waals surface area contributed by atoms with Gasteiger partial charge in [-0.25, -0.2) is 0 Å². The molecule has 106 valence electrons. The number of nitrogens with one attached hydrogen (secondary N) is 1. The van der Waals surface area contributed by atoms with Gasteiger partial charge in [-0.15, -0.1) is 0 Å². The van der Waals surface area contributed by atoms with Crippen LogP contribution in [0.1, 0.15) is 32.1 Å². The molecule has 0 bridgehead atoms. The number of nitrogens with two attached hydrogens (primary N) is 1. The van der Waals surface area contributed by atoms with Gasteiger partial charge in [-0.2, -0.15) is 13.2 Å². The summed E-state index contributed by atoms with van der Waals surface area (Å²) >= 11 is 0. The van der Waals surface area contributed by atoms with Crippen molar-refractivity contribution in [2.45, 2.75) is 44.3 Å². The number of alkyl halides is 3. The van der Waals surface area contributed by atoms with Gasteiger partial charge in [0.15, 0.2) is 0 Å². The van der Waals surface area contributed by atoms with Crippen LogP contribution in [0, 0.1) is 17.8 Å². The lowest BCUT2D eigenvalue weighted by Crippen LogP contribution is -2.52. The van der Waals surface area contributed by atoms with E-state index in [1.165, 1.54) is 0 Å². The fourth-order valence-electron chi connectivity index (χ4n) is 3.44. The molecule has 0 aromatic rings. The van der Waals surface area contributed by atoms with E-state index >= 15 is 0 Å². The van der Waals surface area contributed by atoms with Crippen molar-refractivity contribution in [1.29, 1.82) is 0 Å². The third-order valence-electron chi connectivity index (χ3n) is 4.37. The van der Waals surface area contributed by atoms with Crippen LogP contribution in [0.5, 0.6) is 0 Å². The van der Waals surface area contributed by atoms with Crippen molar-refractivity contribution in [3.63, 3.8) is 0 Å². The molecule has 0 radical (unpaired) electrons. The van der Waals surface area contributed by atoms with Crippen LogP contribution in [-0.4, -0.2) is 25.4 Å². The molecule has 0 aromatic carbocycles. The molecular formula is C12H21F3N2O. The highest BCUT2D eigenvalue weighted by molar-refractivity contribution is 4.91. The summed E-state index contributed by atoms with van der Waals surface area (Å²) in [5.74, 6) is 4.01. The molecule has 1 saturated carbocycles. The maximum atomic E-state index is 13.1. The van der Waals surface area contributed by atoms with E-state index in [2.05, 4.69) is 5.43 Å². The Bertz CT molecular complexity index is 267. The van der Waals surface area contributed by atoms with Crippen molar-refractivity contribution in [2.75, 3.05) is 13.2 Å². The molecule has 1 aliphatic heterocycles. The summed E-state index contributed by atoms with van der Waals surface area (Å²) in [5, 5.41) is 0. The largest absolute Gasteiger partial charge is 0.392 e. The van der Waals surface area contributed by atoms with Crippen LogP contribution in [0.4, 0.5) is 13.2 Å². The Balaban J connectivity index is 2.10. The van der Waals surface area contributed by atoms with E-state index in [0.717, 1.165) is 12.8 Å². The molecule has 3 N–H and O–H groups in total. The lowest BCUT2D eigenvalue weighted by molar-refractivity contribution is -0.200. The van der Waals surface area contributed by atoms with Gasteiger partial charge >= 0.3 is 6.18 Å². The third-order valence-corrected chi connectivity index (χ3v) is 4.37. The van der Waals surface area contributed by atoms with Crippen LogP contribution in [-0.2, 0) is 4.74 Å². The zero-order valence-corrected chi connectivity index (χ0v) is 10.4. The van der Waals surface area contributed by atoms with E-state index < -0.39 is 18.0 Å². The van der Waals surface area contributed by atoms with Gasteiger partial charge in [-0.3, -0.25) is 11.3 Å². The molecule has 0 spiro atoms. The van der Waals surface area contributed by atoms with Crippen LogP contribution in [0.15, 0.2) is 0 Å². The van der Waals surface area contributed by atoms with Crippen LogP contribution in [0.25, 0.3) is 0 Å². The molecule has 1 heterocycles. The minimum Gasteiger partial charge on any atom is -0.381 e. The quantitative estimate of drug-likeness (QED) is 0.608. The summed E-state index contributed by atoms with van der Waals surface area (Å²) in [7, 11) is 0. The number of hydrogen-bond acceptors (Lipinski definition) is 3. The summed E-state index contributed by atoms with van der Waals surface area (Å²) in [6, 6.07) is -0.278. The Morgan fingerprint density at radius 3 is 2.44 bits per heavy atom. The molecule has 1 saturated heterocycles. The maximum Gasteiger partial charge on any atom is 0.392 e. The van der Waals surface area contributed by atoms with E-state index in [1.54, 1.807) is 0 Å². The topological polar surface area (TPSA) is 47.3 Å². The Kier molecular flexibility index (Phi) is 4.50. The van der Waals surface area contributed by atoms with Gasteiger partial charge in [0.1, 0.15) is 0 Å². The van der Waals surface area contributed by atoms with Crippen molar-refractivity contribution in [3.8, 4) is 0 Å². The minimum atomic E-state index is -4.11. The predicted molar refractivity (Wildman–Crippen MR) is 61.5 cm³/mol. The SMILES string of the molecule is NNC(C1CCOC1)C1CCCCC1C(F)(F)F. The zero-order chi connectivity index (χ0) is 13.2. The number of hydrazine groups is 1. The van der Waals surface area contributed by atoms with Crippen LogP contribution >= 0.6 is 0 Å². The molecule has 3 nitrogen and oxygen atoms in total. The van der Waals surface area contributed by atoms with Crippen LogP contribution in [0.2, 0.25) is 0 Å². The predicted octanol–water partition coefficient (Wildman–Crippen LogP) is 2.22. The Morgan fingerprint density at radius 1 is 1.17 bits per heavy atom. The second kappa shape index (κ2) is 5.75. The van der Waals surface area contributed by atoms with Crippen molar-refractivity contribution >= 4 is 0 Å². The van der Waals surface area contributed by atoms with E-state index in [1.807, 2.05) is 0 Å². The van der Waals surface area contributed by atoms with E-state index in [4.69, 9.17) is 10.6 Å².